The molecule has 0 spiro atoms. The largest absolute Gasteiger partial charge is 0.158 e. The summed E-state index contributed by atoms with van der Waals surface area (Å²) in [7, 11) is 0. The Morgan fingerprint density at radius 2 is 1.26 bits per heavy atom. The quantitative estimate of drug-likeness (QED) is 0.371. The van der Waals surface area contributed by atoms with Crippen LogP contribution < -0.4 is 0 Å². The maximum Gasteiger partial charge on any atom is 0.00755 e. The molecular formula is C34H58S. The van der Waals surface area contributed by atoms with E-state index in [0.29, 0.717) is 0 Å². The zero-order chi connectivity index (χ0) is 27.1. The molecule has 0 N–H and O–H groups in total. The fourth-order valence-corrected chi connectivity index (χ4v) is 7.22. The number of hydrogen-bond acceptors (Lipinski definition) is 1. The molecule has 0 radical (unpaired) electrons. The summed E-state index contributed by atoms with van der Waals surface area (Å²) in [5, 5.41) is 3.90. The van der Waals surface area contributed by atoms with Gasteiger partial charge >= 0.3 is 0 Å². The number of benzene rings is 2. The van der Waals surface area contributed by atoms with Crippen LogP contribution in [0.25, 0.3) is 10.8 Å². The monoisotopic (exact) mass is 498 g/mol. The van der Waals surface area contributed by atoms with Gasteiger partial charge in [-0.3, -0.25) is 0 Å². The van der Waals surface area contributed by atoms with E-state index in [-0.39, 0.29) is 0 Å². The van der Waals surface area contributed by atoms with Gasteiger partial charge in [-0.25, -0.2) is 0 Å². The van der Waals surface area contributed by atoms with Gasteiger partial charge in [0.1, 0.15) is 0 Å². The molecule has 35 heavy (non-hydrogen) atoms. The van der Waals surface area contributed by atoms with Crippen LogP contribution in [0.4, 0.5) is 0 Å². The average molecular weight is 499 g/mol. The SMILES string of the molecule is C=C.CC.CC.CC.Cc1cc2cc(C3CCC(C4CCC(C)CS4)CC3)cc(C)c2c(C)c1C. The Bertz CT molecular complexity index is 834. The van der Waals surface area contributed by atoms with Crippen molar-refractivity contribution < 1.29 is 0 Å². The van der Waals surface area contributed by atoms with E-state index in [4.69, 9.17) is 0 Å². The molecular weight excluding hydrogens is 440 g/mol. The second-order valence-electron chi connectivity index (χ2n) is 9.55. The van der Waals surface area contributed by atoms with Crippen LogP contribution in [0.3, 0.4) is 0 Å². The third-order valence-electron chi connectivity index (χ3n) is 7.60. The lowest BCUT2D eigenvalue weighted by molar-refractivity contribution is 0.302. The molecule has 1 heterocycles. The third-order valence-corrected chi connectivity index (χ3v) is 9.41. The molecule has 2 atom stereocenters. The highest BCUT2D eigenvalue weighted by Gasteiger charge is 2.31. The van der Waals surface area contributed by atoms with Crippen molar-refractivity contribution in [3.05, 3.63) is 59.2 Å². The minimum Gasteiger partial charge on any atom is -0.158 e. The van der Waals surface area contributed by atoms with Crippen LogP contribution in [0.2, 0.25) is 0 Å². The van der Waals surface area contributed by atoms with E-state index in [2.05, 4.69) is 77.7 Å². The molecule has 0 bridgehead atoms. The first-order chi connectivity index (χ1) is 16.9. The van der Waals surface area contributed by atoms with E-state index in [1.165, 1.54) is 77.3 Å². The van der Waals surface area contributed by atoms with Crippen LogP contribution in [0.15, 0.2) is 31.4 Å². The number of hydrogen-bond donors (Lipinski definition) is 0. The first-order valence-corrected chi connectivity index (χ1v) is 15.6. The predicted molar refractivity (Wildman–Crippen MR) is 168 cm³/mol. The lowest BCUT2D eigenvalue weighted by Gasteiger charge is -2.37. The maximum atomic E-state index is 3.00. The van der Waals surface area contributed by atoms with Crippen LogP contribution in [-0.4, -0.2) is 11.0 Å². The fourth-order valence-electron chi connectivity index (χ4n) is 5.63. The van der Waals surface area contributed by atoms with Gasteiger partial charge in [-0.1, -0.05) is 66.7 Å². The topological polar surface area (TPSA) is 0 Å². The highest BCUT2D eigenvalue weighted by atomic mass is 32.2. The average Bonchev–Trinajstić information content (AvgIpc) is 2.92. The number of rotatable bonds is 2. The van der Waals surface area contributed by atoms with Crippen molar-refractivity contribution in [2.45, 2.75) is 126 Å². The first kappa shape index (κ1) is 33.8. The molecule has 1 aliphatic heterocycles. The molecule has 2 unspecified atom stereocenters. The van der Waals surface area contributed by atoms with Crippen molar-refractivity contribution in [1.82, 2.24) is 0 Å². The molecule has 2 fully saturated rings. The Labute approximate surface area is 224 Å². The third kappa shape index (κ3) is 8.99. The molecule has 2 aromatic rings. The van der Waals surface area contributed by atoms with Crippen LogP contribution >= 0.6 is 11.8 Å². The van der Waals surface area contributed by atoms with Crippen LogP contribution in [-0.2, 0) is 0 Å². The van der Waals surface area contributed by atoms with Gasteiger partial charge in [-0.05, 0) is 128 Å². The Kier molecular flexibility index (Phi) is 17.5. The van der Waals surface area contributed by atoms with Gasteiger partial charge in [0.25, 0.3) is 0 Å². The fraction of sp³-hybridized carbons (Fsp3) is 0.647. The first-order valence-electron chi connectivity index (χ1n) is 14.6. The highest BCUT2D eigenvalue weighted by Crippen LogP contribution is 2.44. The minimum absolute atomic E-state index is 0.777. The van der Waals surface area contributed by atoms with E-state index in [9.17, 15) is 0 Å². The second kappa shape index (κ2) is 18.1. The molecule has 2 aliphatic rings. The lowest BCUT2D eigenvalue weighted by Crippen LogP contribution is -2.27. The molecule has 200 valence electrons. The lowest BCUT2D eigenvalue weighted by atomic mass is 9.75. The normalized spacial score (nSPS) is 23.2. The van der Waals surface area contributed by atoms with E-state index >= 15 is 0 Å². The summed E-state index contributed by atoms with van der Waals surface area (Å²) in [6, 6.07) is 7.44. The Morgan fingerprint density at radius 3 is 1.77 bits per heavy atom. The van der Waals surface area contributed by atoms with E-state index in [1.807, 2.05) is 41.5 Å². The summed E-state index contributed by atoms with van der Waals surface area (Å²) in [4.78, 5) is 0. The van der Waals surface area contributed by atoms with Gasteiger partial charge in [-0.15, -0.1) is 13.2 Å². The van der Waals surface area contributed by atoms with E-state index < -0.39 is 0 Å². The van der Waals surface area contributed by atoms with Crippen LogP contribution in [0.5, 0.6) is 0 Å². The molecule has 1 aliphatic carbocycles. The van der Waals surface area contributed by atoms with Gasteiger partial charge in [-0.2, -0.15) is 11.8 Å². The summed E-state index contributed by atoms with van der Waals surface area (Å²) in [5.74, 6) is 4.09. The summed E-state index contributed by atoms with van der Waals surface area (Å²) in [6.07, 6.45) is 8.60. The van der Waals surface area contributed by atoms with Gasteiger partial charge in [0.15, 0.2) is 0 Å². The number of fused-ring (bicyclic) bond motifs is 1. The molecule has 1 saturated heterocycles. The summed E-state index contributed by atoms with van der Waals surface area (Å²) < 4.78 is 0. The van der Waals surface area contributed by atoms with E-state index in [1.54, 1.807) is 5.56 Å². The van der Waals surface area contributed by atoms with Crippen molar-refractivity contribution in [2.24, 2.45) is 11.8 Å². The summed E-state index contributed by atoms with van der Waals surface area (Å²) in [6.45, 7) is 29.6. The van der Waals surface area contributed by atoms with Crippen molar-refractivity contribution in [3.63, 3.8) is 0 Å². The standard InChI is InChI=1S/C26H36S.3C2H6.C2H4/c1-16-6-11-25(27-15-16)22-9-7-21(8-10-22)23-13-18(3)26-20(5)19(4)17(2)12-24(26)14-23;4*1-2/h12-14,16,21-22,25H,6-11,15H2,1-5H3;3*1-2H3;1-2H2. The molecule has 4 rings (SSSR count). The second-order valence-corrected chi connectivity index (χ2v) is 10.8. The van der Waals surface area contributed by atoms with Crippen molar-refractivity contribution in [3.8, 4) is 0 Å². The zero-order valence-electron chi connectivity index (χ0n) is 25.3. The van der Waals surface area contributed by atoms with Crippen molar-refractivity contribution >= 4 is 22.5 Å². The molecule has 1 saturated carbocycles. The Hall–Kier alpha value is -1.21. The van der Waals surface area contributed by atoms with Gasteiger partial charge in [0.05, 0.1) is 0 Å². The summed E-state index contributed by atoms with van der Waals surface area (Å²) >= 11 is 2.28. The van der Waals surface area contributed by atoms with Gasteiger partial charge in [0.2, 0.25) is 0 Å². The van der Waals surface area contributed by atoms with Crippen LogP contribution in [0, 0.1) is 39.5 Å². The summed E-state index contributed by atoms with van der Waals surface area (Å²) in [5.41, 5.74) is 7.44. The molecule has 1 heteroatoms. The Balaban J connectivity index is 0.00000132. The predicted octanol–water partition coefficient (Wildman–Crippen LogP) is 11.8. The smallest absolute Gasteiger partial charge is 0.00755 e. The van der Waals surface area contributed by atoms with Gasteiger partial charge in [0, 0.05) is 5.25 Å². The minimum atomic E-state index is 0.777. The van der Waals surface area contributed by atoms with Crippen LogP contribution in [0.1, 0.15) is 121 Å². The number of aryl methyl sites for hydroxylation is 3. The highest BCUT2D eigenvalue weighted by molar-refractivity contribution is 7.99. The number of thioether (sulfide) groups is 1. The van der Waals surface area contributed by atoms with E-state index in [0.717, 1.165) is 23.0 Å². The molecule has 0 nitrogen and oxygen atoms in total. The van der Waals surface area contributed by atoms with Gasteiger partial charge < -0.3 is 0 Å². The molecule has 0 amide bonds. The maximum absolute atomic E-state index is 3.00. The van der Waals surface area contributed by atoms with Crippen molar-refractivity contribution in [2.75, 3.05) is 5.75 Å². The van der Waals surface area contributed by atoms with Crippen molar-refractivity contribution in [1.29, 1.82) is 0 Å². The zero-order valence-corrected chi connectivity index (χ0v) is 26.1. The molecule has 2 aromatic carbocycles. The Morgan fingerprint density at radius 1 is 0.686 bits per heavy atom. The molecule has 0 aromatic heterocycles.